The Morgan fingerprint density at radius 2 is 1.33 bits per heavy atom. The molecule has 2 aromatic rings. The van der Waals surface area contributed by atoms with Gasteiger partial charge in [-0.25, -0.2) is 26.7 Å². The molecule has 0 aliphatic heterocycles. The molecular formula is C16H20N2O4S2. The second-order valence-corrected chi connectivity index (χ2v) is 8.66. The molecule has 6 nitrogen and oxygen atoms in total. The molecule has 0 aliphatic rings. The number of nitrogens with one attached hydrogen (secondary N) is 1. The molecule has 0 saturated heterocycles. The maximum atomic E-state index is 12.2. The van der Waals surface area contributed by atoms with Crippen molar-refractivity contribution in [2.75, 3.05) is 6.54 Å². The van der Waals surface area contributed by atoms with Crippen LogP contribution >= 0.6 is 0 Å². The first-order valence-corrected chi connectivity index (χ1v) is 10.5. The molecule has 0 aliphatic carbocycles. The van der Waals surface area contributed by atoms with Gasteiger partial charge < -0.3 is 0 Å². The lowest BCUT2D eigenvalue weighted by atomic mass is 10.2. The molecule has 0 unspecified atom stereocenters. The SMILES string of the molecule is CCc1ccc(S(=O)(=O)NCCc2ccc(S(N)(=O)=O)cc2)cc1. The first kappa shape index (κ1) is 18.6. The van der Waals surface area contributed by atoms with Crippen molar-refractivity contribution in [1.82, 2.24) is 4.72 Å². The molecule has 0 aromatic heterocycles. The average Bonchev–Trinajstić information content (AvgIpc) is 2.54. The van der Waals surface area contributed by atoms with Gasteiger partial charge in [-0.2, -0.15) is 0 Å². The van der Waals surface area contributed by atoms with Crippen LogP contribution in [0.25, 0.3) is 0 Å². The van der Waals surface area contributed by atoms with Crippen molar-refractivity contribution in [3.05, 3.63) is 59.7 Å². The Kier molecular flexibility index (Phi) is 5.76. The third kappa shape index (κ3) is 4.88. The summed E-state index contributed by atoms with van der Waals surface area (Å²) in [4.78, 5) is 0.257. The third-order valence-electron chi connectivity index (χ3n) is 3.60. The van der Waals surface area contributed by atoms with Crippen LogP contribution in [0.4, 0.5) is 0 Å². The van der Waals surface area contributed by atoms with Crippen LogP contribution in [-0.4, -0.2) is 23.4 Å². The van der Waals surface area contributed by atoms with Crippen molar-refractivity contribution in [2.45, 2.75) is 29.6 Å². The summed E-state index contributed by atoms with van der Waals surface area (Å²) in [5.74, 6) is 0. The molecule has 0 saturated carbocycles. The number of nitrogens with two attached hydrogens (primary N) is 1. The van der Waals surface area contributed by atoms with Crippen LogP contribution in [0.2, 0.25) is 0 Å². The monoisotopic (exact) mass is 368 g/mol. The highest BCUT2D eigenvalue weighted by Crippen LogP contribution is 2.12. The van der Waals surface area contributed by atoms with Crippen LogP contribution < -0.4 is 9.86 Å². The standard InChI is InChI=1S/C16H20N2O4S2/c1-2-13-3-9-16(10-4-13)24(21,22)18-12-11-14-5-7-15(8-6-14)23(17,19)20/h3-10,18H,2,11-12H2,1H3,(H2,17,19,20). The quantitative estimate of drug-likeness (QED) is 0.771. The van der Waals surface area contributed by atoms with Crippen molar-refractivity contribution in [3.63, 3.8) is 0 Å². The van der Waals surface area contributed by atoms with Crippen molar-refractivity contribution >= 4 is 20.0 Å². The molecule has 2 rings (SSSR count). The summed E-state index contributed by atoms with van der Waals surface area (Å²) in [6, 6.07) is 12.8. The fourth-order valence-electron chi connectivity index (χ4n) is 2.16. The zero-order valence-electron chi connectivity index (χ0n) is 13.3. The average molecular weight is 368 g/mol. The molecule has 3 N–H and O–H groups in total. The van der Waals surface area contributed by atoms with E-state index in [0.717, 1.165) is 17.5 Å². The van der Waals surface area contributed by atoms with Gasteiger partial charge in [0, 0.05) is 6.54 Å². The van der Waals surface area contributed by atoms with Gasteiger partial charge in [0.25, 0.3) is 0 Å². The summed E-state index contributed by atoms with van der Waals surface area (Å²) in [7, 11) is -7.27. The van der Waals surface area contributed by atoms with Crippen LogP contribution in [0.15, 0.2) is 58.3 Å². The molecule has 0 heterocycles. The summed E-state index contributed by atoms with van der Waals surface area (Å²) < 4.78 is 49.3. The molecule has 2 aromatic carbocycles. The smallest absolute Gasteiger partial charge is 0.225 e. The zero-order chi connectivity index (χ0) is 17.8. The maximum Gasteiger partial charge on any atom is 0.240 e. The Bertz CT molecular complexity index is 888. The van der Waals surface area contributed by atoms with Gasteiger partial charge in [-0.1, -0.05) is 31.2 Å². The van der Waals surface area contributed by atoms with Crippen LogP contribution in [0, 0.1) is 0 Å². The zero-order valence-corrected chi connectivity index (χ0v) is 14.9. The maximum absolute atomic E-state index is 12.2. The molecule has 0 amide bonds. The number of sulfonamides is 2. The molecule has 0 atom stereocenters. The van der Waals surface area contributed by atoms with E-state index in [1.807, 2.05) is 6.92 Å². The molecular weight excluding hydrogens is 348 g/mol. The minimum absolute atomic E-state index is 0.0304. The van der Waals surface area contributed by atoms with Gasteiger partial charge in [0.15, 0.2) is 0 Å². The Morgan fingerprint density at radius 3 is 1.83 bits per heavy atom. The van der Waals surface area contributed by atoms with Gasteiger partial charge in [0.1, 0.15) is 0 Å². The van der Waals surface area contributed by atoms with Crippen LogP contribution in [-0.2, 0) is 32.9 Å². The third-order valence-corrected chi connectivity index (χ3v) is 6.01. The lowest BCUT2D eigenvalue weighted by molar-refractivity contribution is 0.581. The minimum Gasteiger partial charge on any atom is -0.225 e. The van der Waals surface area contributed by atoms with E-state index in [9.17, 15) is 16.8 Å². The second-order valence-electron chi connectivity index (χ2n) is 5.33. The lowest BCUT2D eigenvalue weighted by Crippen LogP contribution is -2.26. The van der Waals surface area contributed by atoms with Gasteiger partial charge >= 0.3 is 0 Å². The number of hydrogen-bond donors (Lipinski definition) is 2. The lowest BCUT2D eigenvalue weighted by Gasteiger charge is -2.08. The highest BCUT2D eigenvalue weighted by Gasteiger charge is 2.13. The Morgan fingerprint density at radius 1 is 0.833 bits per heavy atom. The Hall–Kier alpha value is -1.74. The second kappa shape index (κ2) is 7.43. The van der Waals surface area contributed by atoms with Gasteiger partial charge in [-0.05, 0) is 48.2 Å². The van der Waals surface area contributed by atoms with E-state index in [4.69, 9.17) is 5.14 Å². The molecule has 0 bridgehead atoms. The van der Waals surface area contributed by atoms with E-state index < -0.39 is 20.0 Å². The van der Waals surface area contributed by atoms with Crippen LogP contribution in [0.3, 0.4) is 0 Å². The normalized spacial score (nSPS) is 12.2. The van der Waals surface area contributed by atoms with Crippen molar-refractivity contribution in [3.8, 4) is 0 Å². The van der Waals surface area contributed by atoms with E-state index in [1.165, 1.54) is 12.1 Å². The highest BCUT2D eigenvalue weighted by atomic mass is 32.2. The topological polar surface area (TPSA) is 106 Å². The van der Waals surface area contributed by atoms with Gasteiger partial charge in [0.05, 0.1) is 9.79 Å². The number of primary sulfonamides is 1. The number of rotatable bonds is 7. The minimum atomic E-state index is -3.72. The predicted octanol–water partition coefficient (Wildman–Crippen LogP) is 1.42. The van der Waals surface area contributed by atoms with E-state index in [2.05, 4.69) is 4.72 Å². The number of aryl methyl sites for hydroxylation is 1. The number of benzene rings is 2. The Balaban J connectivity index is 1.97. The highest BCUT2D eigenvalue weighted by molar-refractivity contribution is 7.89. The fraction of sp³-hybridized carbons (Fsp3) is 0.250. The summed E-state index contributed by atoms with van der Waals surface area (Å²) in [6.07, 6.45) is 1.29. The summed E-state index contributed by atoms with van der Waals surface area (Å²) in [5, 5.41) is 5.03. The summed E-state index contributed by atoms with van der Waals surface area (Å²) in [6.45, 7) is 2.22. The molecule has 0 fully saturated rings. The van der Waals surface area contributed by atoms with E-state index in [0.29, 0.717) is 6.42 Å². The van der Waals surface area contributed by atoms with E-state index in [1.54, 1.807) is 36.4 Å². The van der Waals surface area contributed by atoms with E-state index in [-0.39, 0.29) is 16.3 Å². The Labute approximate surface area is 142 Å². The summed E-state index contributed by atoms with van der Waals surface area (Å²) >= 11 is 0. The number of hydrogen-bond acceptors (Lipinski definition) is 4. The van der Waals surface area contributed by atoms with Gasteiger partial charge in [-0.15, -0.1) is 0 Å². The molecule has 0 radical (unpaired) electrons. The first-order chi connectivity index (χ1) is 11.2. The molecule has 0 spiro atoms. The summed E-state index contributed by atoms with van der Waals surface area (Å²) in [5.41, 5.74) is 1.88. The van der Waals surface area contributed by atoms with Crippen LogP contribution in [0.5, 0.6) is 0 Å². The molecule has 130 valence electrons. The van der Waals surface area contributed by atoms with Crippen molar-refractivity contribution in [2.24, 2.45) is 5.14 Å². The molecule has 8 heteroatoms. The predicted molar refractivity (Wildman–Crippen MR) is 92.5 cm³/mol. The van der Waals surface area contributed by atoms with Crippen molar-refractivity contribution < 1.29 is 16.8 Å². The van der Waals surface area contributed by atoms with Gasteiger partial charge in [-0.3, -0.25) is 0 Å². The fourth-order valence-corrected chi connectivity index (χ4v) is 3.71. The van der Waals surface area contributed by atoms with Crippen LogP contribution in [0.1, 0.15) is 18.1 Å². The van der Waals surface area contributed by atoms with E-state index >= 15 is 0 Å². The molecule has 24 heavy (non-hydrogen) atoms. The largest absolute Gasteiger partial charge is 0.240 e. The van der Waals surface area contributed by atoms with Gasteiger partial charge in [0.2, 0.25) is 20.0 Å². The van der Waals surface area contributed by atoms with Crippen molar-refractivity contribution in [1.29, 1.82) is 0 Å². The first-order valence-electron chi connectivity index (χ1n) is 7.43.